The van der Waals surface area contributed by atoms with E-state index in [0.29, 0.717) is 0 Å². The van der Waals surface area contributed by atoms with Gasteiger partial charge in [0.15, 0.2) is 0 Å². The van der Waals surface area contributed by atoms with E-state index in [1.54, 1.807) is 0 Å². The van der Waals surface area contributed by atoms with Crippen LogP contribution in [-0.4, -0.2) is 59.6 Å². The predicted octanol–water partition coefficient (Wildman–Crippen LogP) is -1.07. The van der Waals surface area contributed by atoms with Gasteiger partial charge in [0.05, 0.1) is 23.7 Å². The van der Waals surface area contributed by atoms with Crippen LogP contribution in [0.2, 0.25) is 0 Å². The number of likely N-dealkylation sites (N-methyl/N-ethyl adjacent to an activating group) is 2. The van der Waals surface area contributed by atoms with Gasteiger partial charge < -0.3 is 10.2 Å². The molecular formula is C6H14N4O4. The molecule has 0 heterocycles. The van der Waals surface area contributed by atoms with Crippen molar-refractivity contribution in [3.05, 3.63) is 9.81 Å². The quantitative estimate of drug-likeness (QED) is 0.406. The number of aliphatic hydroxyl groups excluding tert-OH is 2. The van der Waals surface area contributed by atoms with Crippen LogP contribution >= 0.6 is 0 Å². The summed E-state index contributed by atoms with van der Waals surface area (Å²) in [5, 5.41) is 25.5. The fourth-order valence-corrected chi connectivity index (χ4v) is 0.851. The molecule has 0 rings (SSSR count). The molecule has 0 aromatic heterocycles. The fraction of sp³-hybridized carbons (Fsp3) is 1.00. The van der Waals surface area contributed by atoms with Crippen LogP contribution in [0, 0.1) is 9.81 Å². The van der Waals surface area contributed by atoms with E-state index >= 15 is 0 Å². The summed E-state index contributed by atoms with van der Waals surface area (Å²) in [5.41, 5.74) is 0. The summed E-state index contributed by atoms with van der Waals surface area (Å²) in [6.45, 7) is -0.200. The Balaban J connectivity index is 3.91. The summed E-state index contributed by atoms with van der Waals surface area (Å²) in [6, 6.07) is 0. The summed E-state index contributed by atoms with van der Waals surface area (Å²) < 4.78 is 0. The molecule has 0 unspecified atom stereocenters. The van der Waals surface area contributed by atoms with Gasteiger partial charge in [-0.15, -0.1) is 9.81 Å². The second-order valence-electron chi connectivity index (χ2n) is 2.98. The van der Waals surface area contributed by atoms with Gasteiger partial charge in [0, 0.05) is 14.1 Å². The first kappa shape index (κ1) is 12.7. The highest BCUT2D eigenvalue weighted by molar-refractivity contribution is 4.71. The molecule has 0 fully saturated rings. The van der Waals surface area contributed by atoms with Crippen molar-refractivity contribution in [1.82, 2.24) is 10.0 Å². The van der Waals surface area contributed by atoms with Crippen LogP contribution in [0.1, 0.15) is 0 Å². The Morgan fingerprint density at radius 3 is 1.50 bits per heavy atom. The summed E-state index contributed by atoms with van der Waals surface area (Å²) in [4.78, 5) is 19.9. The van der Waals surface area contributed by atoms with Crippen molar-refractivity contribution in [2.24, 2.45) is 10.6 Å². The lowest BCUT2D eigenvalue weighted by molar-refractivity contribution is -0.0126. The number of hydrogen-bond donors (Lipinski definition) is 2. The smallest absolute Gasteiger partial charge is 0.101 e. The Morgan fingerprint density at radius 1 is 1.00 bits per heavy atom. The van der Waals surface area contributed by atoms with Crippen LogP contribution in [0.4, 0.5) is 0 Å². The van der Waals surface area contributed by atoms with Gasteiger partial charge in [-0.3, -0.25) is 10.0 Å². The Morgan fingerprint density at radius 2 is 1.29 bits per heavy atom. The predicted molar refractivity (Wildman–Crippen MR) is 48.9 cm³/mol. The molecule has 0 aromatic rings. The molecule has 0 radical (unpaired) electrons. The lowest BCUT2D eigenvalue weighted by atomic mass is 10.2. The van der Waals surface area contributed by atoms with Gasteiger partial charge >= 0.3 is 0 Å². The lowest BCUT2D eigenvalue weighted by Crippen LogP contribution is -2.40. The molecule has 2 atom stereocenters. The van der Waals surface area contributed by atoms with Crippen molar-refractivity contribution in [1.29, 1.82) is 0 Å². The first-order valence-corrected chi connectivity index (χ1v) is 3.96. The standard InChI is InChI=1S/C6H14N4O4/c1-9(7-13)3-5(11)6(12)4-10(2)8-14/h5-6,11-12H,3-4H2,1-2H3/t5-,6-/m0/s1. The Hall–Kier alpha value is -1.28. The maximum absolute atomic E-state index is 9.95. The van der Waals surface area contributed by atoms with Crippen LogP contribution in [0.25, 0.3) is 0 Å². The molecule has 8 heteroatoms. The molecule has 0 aromatic carbocycles. The molecule has 0 saturated heterocycles. The molecular weight excluding hydrogens is 192 g/mol. The van der Waals surface area contributed by atoms with Crippen LogP contribution in [-0.2, 0) is 0 Å². The minimum absolute atomic E-state index is 0.0998. The van der Waals surface area contributed by atoms with E-state index in [2.05, 4.69) is 10.6 Å². The van der Waals surface area contributed by atoms with Crippen molar-refractivity contribution in [3.63, 3.8) is 0 Å². The third-order valence-electron chi connectivity index (χ3n) is 1.63. The molecule has 0 aliphatic heterocycles. The SMILES string of the molecule is CN(C[C@H](O)[C@@H](O)CN(C)N=O)N=O. The van der Waals surface area contributed by atoms with E-state index in [-0.39, 0.29) is 13.1 Å². The van der Waals surface area contributed by atoms with Crippen molar-refractivity contribution in [3.8, 4) is 0 Å². The monoisotopic (exact) mass is 206 g/mol. The molecule has 8 nitrogen and oxygen atoms in total. The molecule has 14 heavy (non-hydrogen) atoms. The molecule has 2 N–H and O–H groups in total. The molecule has 0 aliphatic rings. The highest BCUT2D eigenvalue weighted by Gasteiger charge is 2.19. The second kappa shape index (κ2) is 6.22. The first-order valence-electron chi connectivity index (χ1n) is 3.96. The van der Waals surface area contributed by atoms with Gasteiger partial charge in [-0.1, -0.05) is 0 Å². The minimum Gasteiger partial charge on any atom is -0.388 e. The average Bonchev–Trinajstić information content (AvgIpc) is 2.17. The van der Waals surface area contributed by atoms with Crippen molar-refractivity contribution in [2.75, 3.05) is 27.2 Å². The van der Waals surface area contributed by atoms with E-state index in [4.69, 9.17) is 0 Å². The summed E-state index contributed by atoms with van der Waals surface area (Å²) in [7, 11) is 2.73. The number of aliphatic hydroxyl groups is 2. The zero-order valence-electron chi connectivity index (χ0n) is 8.07. The molecule has 0 bridgehead atoms. The van der Waals surface area contributed by atoms with E-state index < -0.39 is 12.2 Å². The van der Waals surface area contributed by atoms with Crippen molar-refractivity contribution < 1.29 is 10.2 Å². The summed E-state index contributed by atoms with van der Waals surface area (Å²) in [6.07, 6.45) is -2.30. The van der Waals surface area contributed by atoms with E-state index in [1.807, 2.05) is 0 Å². The first-order chi connectivity index (χ1) is 6.51. The molecule has 82 valence electrons. The van der Waals surface area contributed by atoms with Gasteiger partial charge in [0.25, 0.3) is 0 Å². The van der Waals surface area contributed by atoms with Gasteiger partial charge in [-0.05, 0) is 0 Å². The van der Waals surface area contributed by atoms with Gasteiger partial charge in [-0.25, -0.2) is 0 Å². The van der Waals surface area contributed by atoms with Crippen molar-refractivity contribution in [2.45, 2.75) is 12.2 Å². The average molecular weight is 206 g/mol. The zero-order valence-corrected chi connectivity index (χ0v) is 8.07. The fourth-order valence-electron chi connectivity index (χ4n) is 0.851. The largest absolute Gasteiger partial charge is 0.388 e. The molecule has 0 spiro atoms. The highest BCUT2D eigenvalue weighted by Crippen LogP contribution is 1.99. The molecule has 0 saturated carbocycles. The van der Waals surface area contributed by atoms with Crippen LogP contribution in [0.3, 0.4) is 0 Å². The van der Waals surface area contributed by atoms with Crippen LogP contribution in [0.15, 0.2) is 10.6 Å². The maximum atomic E-state index is 9.95. The van der Waals surface area contributed by atoms with Gasteiger partial charge in [0.2, 0.25) is 0 Å². The third-order valence-corrected chi connectivity index (χ3v) is 1.63. The number of nitrogens with zero attached hydrogens (tertiary/aromatic N) is 4. The van der Waals surface area contributed by atoms with Gasteiger partial charge in [-0.2, -0.15) is 0 Å². The van der Waals surface area contributed by atoms with E-state index in [9.17, 15) is 20.0 Å². The number of rotatable bonds is 7. The zero-order chi connectivity index (χ0) is 11.1. The van der Waals surface area contributed by atoms with Crippen LogP contribution < -0.4 is 0 Å². The van der Waals surface area contributed by atoms with Crippen LogP contribution in [0.5, 0.6) is 0 Å². The Bertz CT molecular complexity index is 171. The highest BCUT2D eigenvalue weighted by atomic mass is 16.3. The van der Waals surface area contributed by atoms with Crippen molar-refractivity contribution >= 4 is 0 Å². The topological polar surface area (TPSA) is 106 Å². The molecule has 0 amide bonds. The third kappa shape index (κ3) is 4.67. The number of nitroso groups, excluding NO2 is 2. The normalized spacial score (nSPS) is 14.3. The van der Waals surface area contributed by atoms with E-state index in [1.165, 1.54) is 14.1 Å². The second-order valence-corrected chi connectivity index (χ2v) is 2.98. The Labute approximate surface area is 81.0 Å². The van der Waals surface area contributed by atoms with Gasteiger partial charge in [0.1, 0.15) is 12.2 Å². The molecule has 0 aliphatic carbocycles. The summed E-state index contributed by atoms with van der Waals surface area (Å²) >= 11 is 0. The minimum atomic E-state index is -1.15. The summed E-state index contributed by atoms with van der Waals surface area (Å²) in [5.74, 6) is 0. The number of hydrogen-bond acceptors (Lipinski definition) is 6. The van der Waals surface area contributed by atoms with E-state index in [0.717, 1.165) is 10.0 Å². The maximum Gasteiger partial charge on any atom is 0.101 e. The lowest BCUT2D eigenvalue weighted by Gasteiger charge is -2.21. The Kier molecular flexibility index (Phi) is 5.65.